The molecule has 0 aromatic carbocycles. The molecule has 20 heavy (non-hydrogen) atoms. The molecule has 112 valence electrons. The van der Waals surface area contributed by atoms with Crippen LogP contribution in [-0.2, 0) is 4.74 Å². The largest absolute Gasteiger partial charge is 0.382 e. The summed E-state index contributed by atoms with van der Waals surface area (Å²) < 4.78 is 19.2. The number of aromatic nitrogens is 1. The van der Waals surface area contributed by atoms with Gasteiger partial charge in [0.2, 0.25) is 0 Å². The van der Waals surface area contributed by atoms with Crippen molar-refractivity contribution < 1.29 is 13.9 Å². The van der Waals surface area contributed by atoms with Gasteiger partial charge in [-0.2, -0.15) is 0 Å². The van der Waals surface area contributed by atoms with Crippen molar-refractivity contribution in [2.75, 3.05) is 31.6 Å². The first kappa shape index (κ1) is 16.4. The highest BCUT2D eigenvalue weighted by molar-refractivity contribution is 5.95. The molecule has 0 unspecified atom stereocenters. The summed E-state index contributed by atoms with van der Waals surface area (Å²) in [6.07, 6.45) is 2.98. The maximum atomic E-state index is 14.1. The number of ether oxygens (including phenoxy) is 1. The Hall–Kier alpha value is -1.69. The van der Waals surface area contributed by atoms with Gasteiger partial charge in [-0.1, -0.05) is 6.92 Å². The summed E-state index contributed by atoms with van der Waals surface area (Å²) in [4.78, 5) is 15.8. The van der Waals surface area contributed by atoms with Gasteiger partial charge in [0, 0.05) is 32.5 Å². The van der Waals surface area contributed by atoms with Gasteiger partial charge in [0.05, 0.1) is 5.56 Å². The van der Waals surface area contributed by atoms with Crippen molar-refractivity contribution in [1.82, 2.24) is 10.3 Å². The van der Waals surface area contributed by atoms with Crippen LogP contribution in [0.4, 0.5) is 10.2 Å². The molecule has 1 aromatic heterocycles. The van der Waals surface area contributed by atoms with E-state index in [-0.39, 0.29) is 11.4 Å². The molecule has 0 bridgehead atoms. The van der Waals surface area contributed by atoms with E-state index in [2.05, 4.69) is 15.6 Å². The number of pyridine rings is 1. The fourth-order valence-electron chi connectivity index (χ4n) is 1.60. The Kier molecular flexibility index (Phi) is 7.57. The number of nitrogens with zero attached hydrogens (tertiary/aromatic N) is 1. The quantitative estimate of drug-likeness (QED) is 0.682. The average molecular weight is 283 g/mol. The Labute approximate surface area is 118 Å². The van der Waals surface area contributed by atoms with Gasteiger partial charge in [-0.05, 0) is 25.8 Å². The number of rotatable bonds is 9. The van der Waals surface area contributed by atoms with Crippen molar-refractivity contribution in [3.63, 3.8) is 0 Å². The lowest BCUT2D eigenvalue weighted by Crippen LogP contribution is -2.26. The summed E-state index contributed by atoms with van der Waals surface area (Å²) in [6.45, 7) is 6.19. The van der Waals surface area contributed by atoms with Crippen molar-refractivity contribution in [2.24, 2.45) is 0 Å². The third-order valence-corrected chi connectivity index (χ3v) is 2.63. The summed E-state index contributed by atoms with van der Waals surface area (Å²) in [5.41, 5.74) is 0.00927. The molecule has 0 aliphatic carbocycles. The molecule has 0 saturated heterocycles. The second kappa shape index (κ2) is 9.25. The van der Waals surface area contributed by atoms with Gasteiger partial charge in [0.25, 0.3) is 5.91 Å². The van der Waals surface area contributed by atoms with Gasteiger partial charge in [-0.3, -0.25) is 4.79 Å². The van der Waals surface area contributed by atoms with Crippen LogP contribution in [0.25, 0.3) is 0 Å². The minimum atomic E-state index is -0.608. The van der Waals surface area contributed by atoms with Crippen LogP contribution in [0.1, 0.15) is 37.0 Å². The van der Waals surface area contributed by atoms with Crippen LogP contribution in [0.3, 0.4) is 0 Å². The number of halogens is 1. The van der Waals surface area contributed by atoms with Gasteiger partial charge in [-0.15, -0.1) is 0 Å². The van der Waals surface area contributed by atoms with Gasteiger partial charge < -0.3 is 15.4 Å². The Morgan fingerprint density at radius 2 is 2.20 bits per heavy atom. The van der Waals surface area contributed by atoms with Crippen molar-refractivity contribution in [3.05, 3.63) is 23.6 Å². The van der Waals surface area contributed by atoms with E-state index in [1.54, 1.807) is 0 Å². The van der Waals surface area contributed by atoms with Crippen LogP contribution >= 0.6 is 0 Å². The van der Waals surface area contributed by atoms with Gasteiger partial charge in [0.1, 0.15) is 0 Å². The van der Waals surface area contributed by atoms with Gasteiger partial charge >= 0.3 is 0 Å². The van der Waals surface area contributed by atoms with Crippen LogP contribution in [-0.4, -0.2) is 37.2 Å². The van der Waals surface area contributed by atoms with Crippen LogP contribution in [0.15, 0.2) is 12.3 Å². The number of anilines is 1. The number of carbonyl (C=O) groups is 1. The SMILES string of the molecule is CCCNc1nccc(C(=O)NCCCOCC)c1F. The predicted octanol–water partition coefficient (Wildman–Crippen LogP) is 2.20. The zero-order valence-electron chi connectivity index (χ0n) is 12.0. The zero-order valence-corrected chi connectivity index (χ0v) is 12.0. The topological polar surface area (TPSA) is 63.2 Å². The second-order valence-electron chi connectivity index (χ2n) is 4.25. The lowest BCUT2D eigenvalue weighted by atomic mass is 10.2. The monoisotopic (exact) mass is 283 g/mol. The molecule has 0 saturated carbocycles. The maximum absolute atomic E-state index is 14.1. The van der Waals surface area contributed by atoms with Crippen LogP contribution in [0.2, 0.25) is 0 Å². The molecular formula is C14H22FN3O2. The van der Waals surface area contributed by atoms with Gasteiger partial charge in [-0.25, -0.2) is 9.37 Å². The fourth-order valence-corrected chi connectivity index (χ4v) is 1.60. The lowest BCUT2D eigenvalue weighted by molar-refractivity contribution is 0.0940. The van der Waals surface area contributed by atoms with Crippen LogP contribution < -0.4 is 10.6 Å². The maximum Gasteiger partial charge on any atom is 0.254 e. The standard InChI is InChI=1S/C14H22FN3O2/c1-3-7-16-13-12(15)11(6-9-17-13)14(19)18-8-5-10-20-4-2/h6,9H,3-5,7-8,10H2,1-2H3,(H,16,17)(H,18,19). The number of hydrogen-bond donors (Lipinski definition) is 2. The molecule has 5 nitrogen and oxygen atoms in total. The summed E-state index contributed by atoms with van der Waals surface area (Å²) in [5.74, 6) is -0.918. The normalized spacial score (nSPS) is 10.3. The van der Waals surface area contributed by atoms with E-state index in [1.807, 2.05) is 13.8 Å². The summed E-state index contributed by atoms with van der Waals surface area (Å²) in [5, 5.41) is 5.52. The number of hydrogen-bond acceptors (Lipinski definition) is 4. The second-order valence-corrected chi connectivity index (χ2v) is 4.25. The molecule has 1 aromatic rings. The first-order valence-electron chi connectivity index (χ1n) is 6.95. The summed E-state index contributed by atoms with van der Waals surface area (Å²) in [7, 11) is 0. The summed E-state index contributed by atoms with van der Waals surface area (Å²) >= 11 is 0. The minimum absolute atomic E-state index is 0.00927. The number of nitrogens with one attached hydrogen (secondary N) is 2. The molecule has 6 heteroatoms. The molecule has 0 aliphatic heterocycles. The third-order valence-electron chi connectivity index (χ3n) is 2.63. The Morgan fingerprint density at radius 3 is 2.90 bits per heavy atom. The first-order valence-corrected chi connectivity index (χ1v) is 6.95. The number of carbonyl (C=O) groups excluding carboxylic acids is 1. The predicted molar refractivity (Wildman–Crippen MR) is 76.4 cm³/mol. The fraction of sp³-hybridized carbons (Fsp3) is 0.571. The molecule has 0 spiro atoms. The van der Waals surface area contributed by atoms with Gasteiger partial charge in [0.15, 0.2) is 11.6 Å². The minimum Gasteiger partial charge on any atom is -0.382 e. The Morgan fingerprint density at radius 1 is 1.40 bits per heavy atom. The van der Waals surface area contributed by atoms with E-state index < -0.39 is 11.7 Å². The van der Waals surface area contributed by atoms with Crippen LogP contribution in [0.5, 0.6) is 0 Å². The Balaban J connectivity index is 2.54. The van der Waals surface area contributed by atoms with E-state index in [0.717, 1.165) is 6.42 Å². The molecule has 1 amide bonds. The smallest absolute Gasteiger partial charge is 0.254 e. The molecule has 0 radical (unpaired) electrons. The highest BCUT2D eigenvalue weighted by atomic mass is 19.1. The third kappa shape index (κ3) is 5.13. The molecule has 0 atom stereocenters. The van der Waals surface area contributed by atoms with E-state index in [9.17, 15) is 9.18 Å². The Bertz CT molecular complexity index is 427. The highest BCUT2D eigenvalue weighted by Gasteiger charge is 2.15. The first-order chi connectivity index (χ1) is 9.70. The summed E-state index contributed by atoms with van der Waals surface area (Å²) in [6, 6.07) is 1.38. The van der Waals surface area contributed by atoms with E-state index in [1.165, 1.54) is 12.3 Å². The molecule has 0 fully saturated rings. The number of amides is 1. The molecular weight excluding hydrogens is 261 g/mol. The lowest BCUT2D eigenvalue weighted by Gasteiger charge is -2.09. The van der Waals surface area contributed by atoms with Crippen LogP contribution in [0, 0.1) is 5.82 Å². The molecule has 1 heterocycles. The molecule has 2 N–H and O–H groups in total. The van der Waals surface area contributed by atoms with E-state index in [0.29, 0.717) is 32.7 Å². The zero-order chi connectivity index (χ0) is 14.8. The molecule has 1 rings (SSSR count). The van der Waals surface area contributed by atoms with Crippen molar-refractivity contribution in [3.8, 4) is 0 Å². The molecule has 0 aliphatic rings. The highest BCUT2D eigenvalue weighted by Crippen LogP contribution is 2.14. The van der Waals surface area contributed by atoms with E-state index in [4.69, 9.17) is 4.74 Å². The van der Waals surface area contributed by atoms with E-state index >= 15 is 0 Å². The van der Waals surface area contributed by atoms with Crippen molar-refractivity contribution in [1.29, 1.82) is 0 Å². The van der Waals surface area contributed by atoms with Crippen molar-refractivity contribution in [2.45, 2.75) is 26.7 Å². The average Bonchev–Trinajstić information content (AvgIpc) is 2.46. The van der Waals surface area contributed by atoms with Crippen molar-refractivity contribution >= 4 is 11.7 Å².